The number of hydrogen-bond acceptors (Lipinski definition) is 1. The minimum atomic E-state index is -0.256. The van der Waals surface area contributed by atoms with Crippen molar-refractivity contribution >= 4 is 22.6 Å². The van der Waals surface area contributed by atoms with Gasteiger partial charge in [-0.2, -0.15) is 0 Å². The van der Waals surface area contributed by atoms with E-state index in [2.05, 4.69) is 9.97 Å². The molecule has 2 aromatic carbocycles. The van der Waals surface area contributed by atoms with Gasteiger partial charge in [0, 0.05) is 10.6 Å². The lowest BCUT2D eigenvalue weighted by atomic mass is 10.2. The molecule has 0 radical (unpaired) electrons. The molecule has 0 aliphatic heterocycles. The Labute approximate surface area is 108 Å². The van der Waals surface area contributed by atoms with Crippen LogP contribution in [0.2, 0.25) is 5.02 Å². The summed E-state index contributed by atoms with van der Waals surface area (Å²) in [5, 5.41) is 0.694. The average molecular weight is 261 g/mol. The maximum atomic E-state index is 12.9. The van der Waals surface area contributed by atoms with E-state index < -0.39 is 0 Å². The molecule has 18 heavy (non-hydrogen) atoms. The largest absolute Gasteiger partial charge is 0.338 e. The number of H-pyrrole nitrogens is 1. The van der Waals surface area contributed by atoms with Gasteiger partial charge < -0.3 is 4.98 Å². The number of aryl methyl sites for hydroxylation is 1. The highest BCUT2D eigenvalue weighted by atomic mass is 35.5. The van der Waals surface area contributed by atoms with Gasteiger partial charge in [-0.25, -0.2) is 9.37 Å². The van der Waals surface area contributed by atoms with Crippen LogP contribution in [0.1, 0.15) is 5.56 Å². The summed E-state index contributed by atoms with van der Waals surface area (Å²) < 4.78 is 12.9. The molecule has 0 saturated heterocycles. The summed E-state index contributed by atoms with van der Waals surface area (Å²) in [6.07, 6.45) is 0. The molecule has 0 spiro atoms. The van der Waals surface area contributed by atoms with Crippen molar-refractivity contribution in [1.29, 1.82) is 0 Å². The molecular formula is C14H10ClFN2. The van der Waals surface area contributed by atoms with Crippen molar-refractivity contribution in [3.63, 3.8) is 0 Å². The van der Waals surface area contributed by atoms with Crippen molar-refractivity contribution in [2.24, 2.45) is 0 Å². The predicted molar refractivity (Wildman–Crippen MR) is 71.2 cm³/mol. The summed E-state index contributed by atoms with van der Waals surface area (Å²) in [5.74, 6) is 0.459. The number of halogens is 2. The quantitative estimate of drug-likeness (QED) is 0.693. The summed E-state index contributed by atoms with van der Waals surface area (Å²) >= 11 is 6.06. The Morgan fingerprint density at radius 1 is 1.17 bits per heavy atom. The molecule has 0 aliphatic carbocycles. The fourth-order valence-corrected chi connectivity index (χ4v) is 2.04. The first-order valence-electron chi connectivity index (χ1n) is 5.55. The lowest BCUT2D eigenvalue weighted by molar-refractivity contribution is 0.628. The zero-order valence-electron chi connectivity index (χ0n) is 9.67. The van der Waals surface area contributed by atoms with Gasteiger partial charge in [0.25, 0.3) is 0 Å². The fourth-order valence-electron chi connectivity index (χ4n) is 1.88. The van der Waals surface area contributed by atoms with E-state index in [1.165, 1.54) is 12.1 Å². The lowest BCUT2D eigenvalue weighted by Gasteiger charge is -1.95. The molecular weight excluding hydrogens is 251 g/mol. The van der Waals surface area contributed by atoms with Gasteiger partial charge in [-0.05, 0) is 48.9 Å². The number of benzene rings is 2. The maximum Gasteiger partial charge on any atom is 0.138 e. The predicted octanol–water partition coefficient (Wildman–Crippen LogP) is 4.33. The molecule has 1 aromatic heterocycles. The number of aromatic amines is 1. The van der Waals surface area contributed by atoms with Crippen molar-refractivity contribution in [1.82, 2.24) is 9.97 Å². The van der Waals surface area contributed by atoms with Crippen molar-refractivity contribution in [3.8, 4) is 11.4 Å². The van der Waals surface area contributed by atoms with Gasteiger partial charge in [0.05, 0.1) is 11.0 Å². The van der Waals surface area contributed by atoms with Crippen molar-refractivity contribution in [2.45, 2.75) is 6.92 Å². The highest BCUT2D eigenvalue weighted by Gasteiger charge is 2.07. The second kappa shape index (κ2) is 4.10. The monoisotopic (exact) mass is 260 g/mol. The molecule has 0 fully saturated rings. The summed E-state index contributed by atoms with van der Waals surface area (Å²) in [4.78, 5) is 7.66. The number of hydrogen-bond donors (Lipinski definition) is 1. The first kappa shape index (κ1) is 11.2. The summed E-state index contributed by atoms with van der Waals surface area (Å²) in [7, 11) is 0. The average Bonchev–Trinajstić information content (AvgIpc) is 2.73. The van der Waals surface area contributed by atoms with Gasteiger partial charge in [0.2, 0.25) is 0 Å². The standard InChI is InChI=1S/C14H10ClFN2/c1-8-6-12-13(7-11(8)15)18-14(17-12)9-2-4-10(16)5-3-9/h2-7H,1H3,(H,17,18). The molecule has 4 heteroatoms. The van der Waals surface area contributed by atoms with Crippen LogP contribution in [0, 0.1) is 12.7 Å². The third kappa shape index (κ3) is 1.87. The second-order valence-electron chi connectivity index (χ2n) is 4.21. The van der Waals surface area contributed by atoms with E-state index in [-0.39, 0.29) is 5.82 Å². The van der Waals surface area contributed by atoms with Crippen molar-refractivity contribution < 1.29 is 4.39 Å². The number of imidazole rings is 1. The minimum absolute atomic E-state index is 0.256. The SMILES string of the molecule is Cc1cc2[nH]c(-c3ccc(F)cc3)nc2cc1Cl. The molecule has 90 valence electrons. The lowest BCUT2D eigenvalue weighted by Crippen LogP contribution is -1.80. The zero-order chi connectivity index (χ0) is 12.7. The van der Waals surface area contributed by atoms with Crippen LogP contribution in [0.15, 0.2) is 36.4 Å². The van der Waals surface area contributed by atoms with Gasteiger partial charge in [-0.3, -0.25) is 0 Å². The van der Waals surface area contributed by atoms with E-state index in [1.807, 2.05) is 19.1 Å². The van der Waals surface area contributed by atoms with Gasteiger partial charge >= 0.3 is 0 Å². The maximum absolute atomic E-state index is 12.9. The van der Waals surface area contributed by atoms with E-state index in [0.29, 0.717) is 10.8 Å². The Morgan fingerprint density at radius 3 is 2.61 bits per heavy atom. The van der Waals surface area contributed by atoms with Crippen molar-refractivity contribution in [3.05, 3.63) is 52.8 Å². The Morgan fingerprint density at radius 2 is 1.89 bits per heavy atom. The number of nitrogens with one attached hydrogen (secondary N) is 1. The van der Waals surface area contributed by atoms with Crippen LogP contribution < -0.4 is 0 Å². The highest BCUT2D eigenvalue weighted by Crippen LogP contribution is 2.25. The third-order valence-electron chi connectivity index (χ3n) is 2.88. The van der Waals surface area contributed by atoms with Gasteiger partial charge in [0.1, 0.15) is 11.6 Å². The Kier molecular flexibility index (Phi) is 2.56. The zero-order valence-corrected chi connectivity index (χ0v) is 10.4. The summed E-state index contributed by atoms with van der Waals surface area (Å²) in [6, 6.07) is 10.0. The molecule has 0 saturated carbocycles. The summed E-state index contributed by atoms with van der Waals surface area (Å²) in [5.41, 5.74) is 3.58. The van der Waals surface area contributed by atoms with Gasteiger partial charge in [-0.1, -0.05) is 11.6 Å². The number of aromatic nitrogens is 2. The minimum Gasteiger partial charge on any atom is -0.338 e. The van der Waals surface area contributed by atoms with E-state index in [9.17, 15) is 4.39 Å². The topological polar surface area (TPSA) is 28.7 Å². The molecule has 0 aliphatic rings. The molecule has 0 atom stereocenters. The first-order chi connectivity index (χ1) is 8.63. The van der Waals surface area contributed by atoms with Gasteiger partial charge in [0.15, 0.2) is 0 Å². The number of fused-ring (bicyclic) bond motifs is 1. The van der Waals surface area contributed by atoms with Crippen LogP contribution >= 0.6 is 11.6 Å². The van der Waals surface area contributed by atoms with Crippen molar-refractivity contribution in [2.75, 3.05) is 0 Å². The molecule has 1 N–H and O–H groups in total. The Hall–Kier alpha value is -1.87. The van der Waals surface area contributed by atoms with E-state index in [1.54, 1.807) is 12.1 Å². The first-order valence-corrected chi connectivity index (χ1v) is 5.93. The molecule has 1 heterocycles. The molecule has 0 unspecified atom stereocenters. The van der Waals surface area contributed by atoms with E-state index >= 15 is 0 Å². The van der Waals surface area contributed by atoms with E-state index in [4.69, 9.17) is 11.6 Å². The molecule has 0 amide bonds. The normalized spacial score (nSPS) is 11.1. The van der Waals surface area contributed by atoms with Crippen LogP contribution in [-0.2, 0) is 0 Å². The molecule has 2 nitrogen and oxygen atoms in total. The van der Waals surface area contributed by atoms with E-state index in [0.717, 1.165) is 22.2 Å². The van der Waals surface area contributed by atoms with Crippen LogP contribution in [0.25, 0.3) is 22.4 Å². The molecule has 3 rings (SSSR count). The second-order valence-corrected chi connectivity index (χ2v) is 4.62. The molecule has 3 aromatic rings. The Balaban J connectivity index is 2.16. The van der Waals surface area contributed by atoms with Gasteiger partial charge in [-0.15, -0.1) is 0 Å². The number of rotatable bonds is 1. The molecule has 0 bridgehead atoms. The Bertz CT molecular complexity index is 677. The van der Waals surface area contributed by atoms with Crippen LogP contribution in [0.4, 0.5) is 4.39 Å². The highest BCUT2D eigenvalue weighted by molar-refractivity contribution is 6.32. The van der Waals surface area contributed by atoms with Crippen LogP contribution in [0.5, 0.6) is 0 Å². The number of nitrogens with zero attached hydrogens (tertiary/aromatic N) is 1. The smallest absolute Gasteiger partial charge is 0.138 e. The fraction of sp³-hybridized carbons (Fsp3) is 0.0714. The van der Waals surface area contributed by atoms with Crippen LogP contribution in [-0.4, -0.2) is 9.97 Å². The third-order valence-corrected chi connectivity index (χ3v) is 3.29. The summed E-state index contributed by atoms with van der Waals surface area (Å²) in [6.45, 7) is 1.94. The van der Waals surface area contributed by atoms with Crippen LogP contribution in [0.3, 0.4) is 0 Å².